The first kappa shape index (κ1) is 23.7. The van der Waals surface area contributed by atoms with E-state index in [0.717, 1.165) is 25.1 Å². The number of aromatic nitrogens is 1. The van der Waals surface area contributed by atoms with E-state index in [-0.39, 0.29) is 29.5 Å². The Bertz CT molecular complexity index is 1080. The molecule has 1 saturated heterocycles. The second-order valence-electron chi connectivity index (χ2n) is 8.23. The van der Waals surface area contributed by atoms with Gasteiger partial charge in [-0.2, -0.15) is 8.78 Å². The number of amides is 2. The number of rotatable bonds is 8. The van der Waals surface area contributed by atoms with Crippen LogP contribution in [-0.2, 0) is 16.6 Å². The van der Waals surface area contributed by atoms with Gasteiger partial charge in [0, 0.05) is 36.7 Å². The summed E-state index contributed by atoms with van der Waals surface area (Å²) in [4.78, 5) is 27.9. The summed E-state index contributed by atoms with van der Waals surface area (Å²) in [6.07, 6.45) is 3.90. The molecule has 1 aromatic carbocycles. The van der Waals surface area contributed by atoms with Gasteiger partial charge >= 0.3 is 18.6 Å². The Balaban J connectivity index is 1.74. The summed E-state index contributed by atoms with van der Waals surface area (Å²) < 4.78 is 38.1. The Morgan fingerprint density at radius 3 is 2.74 bits per heavy atom. The van der Waals surface area contributed by atoms with Crippen molar-refractivity contribution in [1.29, 1.82) is 0 Å². The molecule has 0 aliphatic carbocycles. The van der Waals surface area contributed by atoms with Gasteiger partial charge in [0.1, 0.15) is 5.75 Å². The van der Waals surface area contributed by atoms with Gasteiger partial charge in [0.2, 0.25) is 0 Å². The van der Waals surface area contributed by atoms with Crippen molar-refractivity contribution in [2.45, 2.75) is 38.5 Å². The van der Waals surface area contributed by atoms with Gasteiger partial charge in [-0.1, -0.05) is 18.2 Å². The molecule has 2 N–H and O–H groups in total. The fourth-order valence-electron chi connectivity index (χ4n) is 4.72. The smallest absolute Gasteiger partial charge is 0.387 e. The highest BCUT2D eigenvalue weighted by atomic mass is 19.3. The summed E-state index contributed by atoms with van der Waals surface area (Å²) in [5, 5.41) is 5.45. The monoisotopic (exact) mass is 474 g/mol. The van der Waals surface area contributed by atoms with Gasteiger partial charge in [0.25, 0.3) is 0 Å². The zero-order chi connectivity index (χ0) is 24.2. The number of esters is 1. The average molecular weight is 475 g/mol. The fourth-order valence-corrected chi connectivity index (χ4v) is 4.72. The predicted octanol–water partition coefficient (Wildman–Crippen LogP) is 3.63. The van der Waals surface area contributed by atoms with Gasteiger partial charge in [-0.3, -0.25) is 4.90 Å². The number of carbonyl (C=O) groups excluding carboxylic acids is 2. The minimum atomic E-state index is -3.05. The van der Waals surface area contributed by atoms with Crippen LogP contribution < -0.4 is 15.4 Å². The molecule has 0 saturated carbocycles. The third-order valence-corrected chi connectivity index (χ3v) is 6.15. The molecular weight excluding hydrogens is 446 g/mol. The van der Waals surface area contributed by atoms with Crippen molar-refractivity contribution in [1.82, 2.24) is 20.1 Å². The van der Waals surface area contributed by atoms with Crippen LogP contribution in [0, 0.1) is 0 Å². The third kappa shape index (κ3) is 4.91. The quantitative estimate of drug-likeness (QED) is 0.571. The number of likely N-dealkylation sites (tertiary alicyclic amines) is 1. The number of hydrogen-bond acceptors (Lipinski definition) is 5. The number of urea groups is 1. The summed E-state index contributed by atoms with van der Waals surface area (Å²) in [6.45, 7) is -0.160. The Kier molecular flexibility index (Phi) is 7.16. The summed E-state index contributed by atoms with van der Waals surface area (Å²) >= 11 is 0. The maximum Gasteiger partial charge on any atom is 0.387 e. The summed E-state index contributed by atoms with van der Waals surface area (Å²) in [5.41, 5.74) is 1.95. The first-order valence-corrected chi connectivity index (χ1v) is 11.3. The molecule has 10 heteroatoms. The Labute approximate surface area is 196 Å². The molecule has 0 bridgehead atoms. The third-order valence-electron chi connectivity index (χ3n) is 6.15. The molecule has 2 aliphatic rings. The maximum atomic E-state index is 13.1. The molecule has 3 heterocycles. The van der Waals surface area contributed by atoms with E-state index in [0.29, 0.717) is 12.2 Å². The van der Waals surface area contributed by atoms with Crippen molar-refractivity contribution >= 4 is 12.0 Å². The second-order valence-corrected chi connectivity index (χ2v) is 8.23. The number of nitrogens with one attached hydrogen (secondary N) is 2. The van der Waals surface area contributed by atoms with E-state index in [9.17, 15) is 18.4 Å². The largest absolute Gasteiger partial charge is 0.463 e. The predicted molar refractivity (Wildman–Crippen MR) is 120 cm³/mol. The average Bonchev–Trinajstić information content (AvgIpc) is 3.41. The summed E-state index contributed by atoms with van der Waals surface area (Å²) in [5.74, 6) is -0.745. The van der Waals surface area contributed by atoms with Crippen molar-refractivity contribution in [3.05, 3.63) is 65.1 Å². The van der Waals surface area contributed by atoms with E-state index < -0.39 is 24.7 Å². The summed E-state index contributed by atoms with van der Waals surface area (Å²) in [6, 6.07) is 8.74. The standard InChI is InChI=1S/C24H28F2N4O4/c1-3-33-22(31)20-16(14-30-13-7-10-18(30)17-9-6-12-29(17)2)27-24(32)28-21(20)15-8-4-5-11-19(15)34-23(25)26/h4-6,8-9,11-12,18,21,23H,3,7,10,13-14H2,1-2H3,(H2,27,28,32)/t18-,21-/m1/s1. The first-order valence-electron chi connectivity index (χ1n) is 11.3. The van der Waals surface area contributed by atoms with Crippen LogP contribution in [0.5, 0.6) is 5.75 Å². The van der Waals surface area contributed by atoms with Crippen molar-refractivity contribution in [3.8, 4) is 5.75 Å². The molecule has 4 rings (SSSR count). The van der Waals surface area contributed by atoms with Gasteiger partial charge in [-0.15, -0.1) is 0 Å². The molecule has 0 spiro atoms. The fraction of sp³-hybridized carbons (Fsp3) is 0.417. The van der Waals surface area contributed by atoms with E-state index in [2.05, 4.69) is 30.9 Å². The molecule has 2 aromatic rings. The van der Waals surface area contributed by atoms with Crippen molar-refractivity contribution in [2.75, 3.05) is 19.7 Å². The molecule has 1 aromatic heterocycles. The first-order chi connectivity index (χ1) is 16.4. The van der Waals surface area contributed by atoms with Crippen LogP contribution in [0.2, 0.25) is 0 Å². The number of carbonyl (C=O) groups is 2. The number of para-hydroxylation sites is 1. The van der Waals surface area contributed by atoms with E-state index in [4.69, 9.17) is 4.74 Å². The maximum absolute atomic E-state index is 13.1. The van der Waals surface area contributed by atoms with Crippen LogP contribution in [0.25, 0.3) is 0 Å². The number of aryl methyl sites for hydroxylation is 1. The van der Waals surface area contributed by atoms with Crippen molar-refractivity contribution in [2.24, 2.45) is 7.05 Å². The zero-order valence-electron chi connectivity index (χ0n) is 19.1. The lowest BCUT2D eigenvalue weighted by Crippen LogP contribution is -2.48. The van der Waals surface area contributed by atoms with Crippen LogP contribution >= 0.6 is 0 Å². The van der Waals surface area contributed by atoms with Crippen LogP contribution in [0.15, 0.2) is 53.9 Å². The SMILES string of the molecule is CCOC(=O)C1=C(CN2CCC[C@@H]2c2cccn2C)NC(=O)N[C@@H]1c1ccccc1OC(F)F. The van der Waals surface area contributed by atoms with Gasteiger partial charge in [0.05, 0.1) is 24.3 Å². The Hall–Kier alpha value is -3.40. The minimum absolute atomic E-state index is 0.117. The van der Waals surface area contributed by atoms with E-state index >= 15 is 0 Å². The highest BCUT2D eigenvalue weighted by Crippen LogP contribution is 2.37. The van der Waals surface area contributed by atoms with Crippen molar-refractivity contribution in [3.63, 3.8) is 0 Å². The van der Waals surface area contributed by atoms with E-state index in [1.807, 2.05) is 19.3 Å². The molecular formula is C24H28F2N4O4. The second kappa shape index (κ2) is 10.3. The molecule has 2 aliphatic heterocycles. The number of alkyl halides is 2. The van der Waals surface area contributed by atoms with Gasteiger partial charge in [-0.05, 0) is 44.5 Å². The lowest BCUT2D eigenvalue weighted by Gasteiger charge is -2.33. The number of ether oxygens (including phenoxy) is 2. The van der Waals surface area contributed by atoms with E-state index in [1.165, 1.54) is 6.07 Å². The van der Waals surface area contributed by atoms with Gasteiger partial charge < -0.3 is 24.7 Å². The van der Waals surface area contributed by atoms with E-state index in [1.54, 1.807) is 25.1 Å². The highest BCUT2D eigenvalue weighted by Gasteiger charge is 2.37. The number of hydrogen-bond donors (Lipinski definition) is 2. The summed E-state index contributed by atoms with van der Waals surface area (Å²) in [7, 11) is 1.98. The molecule has 182 valence electrons. The molecule has 34 heavy (non-hydrogen) atoms. The minimum Gasteiger partial charge on any atom is -0.463 e. The molecule has 2 amide bonds. The topological polar surface area (TPSA) is 84.8 Å². The van der Waals surface area contributed by atoms with Crippen LogP contribution in [0.3, 0.4) is 0 Å². The number of halogens is 2. The zero-order valence-corrected chi connectivity index (χ0v) is 19.1. The molecule has 0 unspecified atom stereocenters. The Morgan fingerprint density at radius 1 is 1.24 bits per heavy atom. The molecule has 0 radical (unpaired) electrons. The van der Waals surface area contributed by atoms with Crippen LogP contribution in [0.1, 0.15) is 43.1 Å². The van der Waals surface area contributed by atoms with Gasteiger partial charge in [-0.25, -0.2) is 9.59 Å². The number of benzene rings is 1. The normalized spacial score (nSPS) is 20.9. The van der Waals surface area contributed by atoms with Crippen LogP contribution in [0.4, 0.5) is 13.6 Å². The molecule has 1 fully saturated rings. The Morgan fingerprint density at radius 2 is 2.03 bits per heavy atom. The van der Waals surface area contributed by atoms with Crippen molar-refractivity contribution < 1.29 is 27.8 Å². The lowest BCUT2D eigenvalue weighted by molar-refractivity contribution is -0.139. The molecule has 2 atom stereocenters. The lowest BCUT2D eigenvalue weighted by atomic mass is 9.94. The van der Waals surface area contributed by atoms with Crippen LogP contribution in [-0.4, -0.2) is 47.8 Å². The number of nitrogens with zero attached hydrogens (tertiary/aromatic N) is 2. The highest BCUT2D eigenvalue weighted by molar-refractivity contribution is 5.95. The molecule has 8 nitrogen and oxygen atoms in total. The van der Waals surface area contributed by atoms with Gasteiger partial charge in [0.15, 0.2) is 0 Å².